The van der Waals surface area contributed by atoms with Gasteiger partial charge in [-0.3, -0.25) is 0 Å². The fourth-order valence-corrected chi connectivity index (χ4v) is 5.25. The molecule has 0 fully saturated rings. The Balaban J connectivity index is 1.70. The van der Waals surface area contributed by atoms with Gasteiger partial charge in [0, 0.05) is 22.3 Å². The molecule has 214 valence electrons. The molecule has 0 aliphatic heterocycles. The molecule has 4 nitrogen and oxygen atoms in total. The summed E-state index contributed by atoms with van der Waals surface area (Å²) in [5, 5.41) is 22.1. The van der Waals surface area contributed by atoms with Gasteiger partial charge in [0.2, 0.25) is 12.6 Å². The molecule has 2 unspecified atom stereocenters. The number of thiocarbonyl (C=S) groups is 2. The van der Waals surface area contributed by atoms with Crippen LogP contribution in [0.25, 0.3) is 0 Å². The highest BCUT2D eigenvalue weighted by molar-refractivity contribution is 7.80. The molecular formula is C34H42O4S2. The molecule has 0 aromatic heterocycles. The van der Waals surface area contributed by atoms with Gasteiger partial charge in [-0.25, -0.2) is 0 Å². The number of aliphatic hydroxyl groups excluding tert-OH is 2. The third-order valence-electron chi connectivity index (χ3n) is 7.21. The van der Waals surface area contributed by atoms with E-state index >= 15 is 0 Å². The highest BCUT2D eigenvalue weighted by Crippen LogP contribution is 2.32. The average Bonchev–Trinajstić information content (AvgIpc) is 2.82. The molecule has 0 spiro atoms. The average molecular weight is 579 g/mol. The van der Waals surface area contributed by atoms with E-state index in [9.17, 15) is 10.2 Å². The zero-order valence-electron chi connectivity index (χ0n) is 25.3. The number of hydrogen-bond donors (Lipinski definition) is 2. The number of hydrogen-bond acceptors (Lipinski definition) is 6. The Morgan fingerprint density at radius 1 is 0.575 bits per heavy atom. The Morgan fingerprint density at radius 2 is 0.825 bits per heavy atom. The number of ether oxygens (including phenoxy) is 2. The van der Waals surface area contributed by atoms with Gasteiger partial charge in [-0.15, -0.1) is 0 Å². The van der Waals surface area contributed by atoms with Crippen molar-refractivity contribution in [2.45, 2.75) is 92.6 Å². The van der Waals surface area contributed by atoms with E-state index in [1.54, 1.807) is 24.3 Å². The van der Waals surface area contributed by atoms with Crippen LogP contribution in [-0.4, -0.2) is 20.3 Å². The Kier molecular flexibility index (Phi) is 9.62. The summed E-state index contributed by atoms with van der Waals surface area (Å²) in [4.78, 5) is 0. The van der Waals surface area contributed by atoms with Crippen LogP contribution in [0, 0.1) is 27.7 Å². The maximum absolute atomic E-state index is 10.9. The summed E-state index contributed by atoms with van der Waals surface area (Å²) in [5.74, 6) is 0. The lowest BCUT2D eigenvalue weighted by atomic mass is 9.83. The summed E-state index contributed by atoms with van der Waals surface area (Å²) in [5.41, 5.74) is 8.93. The molecule has 2 N–H and O–H groups in total. The standard InChI is InChI=1S/C34H42O4S2/c1-19-15-25(33(5,6)7)16-20(2)27(19)29(35)37-31(39)23-11-13-24(14-12-23)32(40)38-30(36)28-21(3)17-26(18-22(28)4)34(8,9)10/h11-18,29-30,35-36H,1-10H3. The van der Waals surface area contributed by atoms with Crippen molar-refractivity contribution in [1.29, 1.82) is 0 Å². The SMILES string of the molecule is Cc1cc(C(C)(C)C)cc(C)c1C(O)OC(=S)c1ccc(C(=S)OC(O)c2c(C)cc(C(C)(C)C)cc2C)cc1. The maximum Gasteiger partial charge on any atom is 0.225 e. The van der Waals surface area contributed by atoms with Crippen LogP contribution in [0.1, 0.15) is 110 Å². The second-order valence-corrected chi connectivity index (χ2v) is 13.4. The minimum atomic E-state index is -1.18. The molecule has 3 aromatic rings. The van der Waals surface area contributed by atoms with Gasteiger partial charge in [0.05, 0.1) is 0 Å². The first kappa shape index (κ1) is 31.9. The number of aliphatic hydroxyl groups is 2. The molecule has 0 heterocycles. The quantitative estimate of drug-likeness (QED) is 0.227. The van der Waals surface area contributed by atoms with Gasteiger partial charge in [0.15, 0.2) is 10.1 Å². The predicted octanol–water partition coefficient (Wildman–Crippen LogP) is 8.28. The summed E-state index contributed by atoms with van der Waals surface area (Å²) in [6, 6.07) is 15.4. The van der Waals surface area contributed by atoms with Crippen LogP contribution in [0.4, 0.5) is 0 Å². The fourth-order valence-electron chi connectivity index (χ4n) is 4.79. The smallest absolute Gasteiger partial charge is 0.225 e. The minimum Gasteiger partial charge on any atom is -0.450 e. The van der Waals surface area contributed by atoms with E-state index in [1.165, 1.54) is 11.1 Å². The second kappa shape index (κ2) is 12.1. The summed E-state index contributed by atoms with van der Waals surface area (Å²) in [6.07, 6.45) is -2.37. The molecular weight excluding hydrogens is 537 g/mol. The van der Waals surface area contributed by atoms with Gasteiger partial charge in [-0.2, -0.15) is 0 Å². The summed E-state index contributed by atoms with van der Waals surface area (Å²) in [7, 11) is 0. The normalized spacial score (nSPS) is 13.5. The molecule has 2 atom stereocenters. The van der Waals surface area contributed by atoms with Crippen molar-refractivity contribution in [1.82, 2.24) is 0 Å². The lowest BCUT2D eigenvalue weighted by molar-refractivity contribution is -0.0283. The molecule has 0 radical (unpaired) electrons. The van der Waals surface area contributed by atoms with E-state index in [1.807, 2.05) is 27.7 Å². The van der Waals surface area contributed by atoms with Crippen LogP contribution >= 0.6 is 24.4 Å². The largest absolute Gasteiger partial charge is 0.450 e. The van der Waals surface area contributed by atoms with Crippen molar-refractivity contribution in [2.75, 3.05) is 0 Å². The summed E-state index contributed by atoms with van der Waals surface area (Å²) < 4.78 is 11.6. The Bertz CT molecular complexity index is 1250. The van der Waals surface area contributed by atoms with Crippen LogP contribution in [0.15, 0.2) is 48.5 Å². The first-order chi connectivity index (χ1) is 18.4. The third kappa shape index (κ3) is 7.35. The van der Waals surface area contributed by atoms with E-state index < -0.39 is 12.6 Å². The molecule has 6 heteroatoms. The van der Waals surface area contributed by atoms with Crippen molar-refractivity contribution in [3.63, 3.8) is 0 Å². The van der Waals surface area contributed by atoms with E-state index in [4.69, 9.17) is 33.9 Å². The zero-order chi connectivity index (χ0) is 30.2. The van der Waals surface area contributed by atoms with Crippen LogP contribution in [0.3, 0.4) is 0 Å². The maximum atomic E-state index is 10.9. The number of rotatable bonds is 6. The van der Waals surface area contributed by atoms with Gasteiger partial charge in [0.25, 0.3) is 0 Å². The molecule has 0 aliphatic carbocycles. The van der Waals surface area contributed by atoms with Crippen LogP contribution < -0.4 is 0 Å². The van der Waals surface area contributed by atoms with Crippen LogP contribution in [0.2, 0.25) is 0 Å². The zero-order valence-corrected chi connectivity index (χ0v) is 26.9. The Morgan fingerprint density at radius 3 is 1.05 bits per heavy atom. The Hall–Kier alpha value is -2.64. The van der Waals surface area contributed by atoms with Crippen LogP contribution in [0.5, 0.6) is 0 Å². The minimum absolute atomic E-state index is 0.00574. The first-order valence-electron chi connectivity index (χ1n) is 13.5. The third-order valence-corrected chi connectivity index (χ3v) is 7.87. The van der Waals surface area contributed by atoms with Gasteiger partial charge >= 0.3 is 0 Å². The lowest BCUT2D eigenvalue weighted by Gasteiger charge is -2.24. The second-order valence-electron chi connectivity index (χ2n) is 12.6. The summed E-state index contributed by atoms with van der Waals surface area (Å²) in [6.45, 7) is 20.9. The molecule has 40 heavy (non-hydrogen) atoms. The highest BCUT2D eigenvalue weighted by Gasteiger charge is 2.23. The van der Waals surface area contributed by atoms with Crippen molar-refractivity contribution in [3.8, 4) is 0 Å². The van der Waals surface area contributed by atoms with Crippen molar-refractivity contribution in [2.24, 2.45) is 0 Å². The summed E-state index contributed by atoms with van der Waals surface area (Å²) >= 11 is 11.0. The van der Waals surface area contributed by atoms with E-state index in [0.717, 1.165) is 33.4 Å². The number of benzene rings is 3. The van der Waals surface area contributed by atoms with Crippen molar-refractivity contribution in [3.05, 3.63) is 104 Å². The molecule has 0 bridgehead atoms. The molecule has 3 aromatic carbocycles. The topological polar surface area (TPSA) is 58.9 Å². The monoisotopic (exact) mass is 578 g/mol. The Labute approximate surface area is 250 Å². The highest BCUT2D eigenvalue weighted by atomic mass is 32.1. The van der Waals surface area contributed by atoms with Crippen LogP contribution in [-0.2, 0) is 20.3 Å². The first-order valence-corrected chi connectivity index (χ1v) is 14.3. The van der Waals surface area contributed by atoms with Gasteiger partial charge in [-0.05, 0) is 121 Å². The van der Waals surface area contributed by atoms with Crippen molar-refractivity contribution >= 4 is 34.5 Å². The van der Waals surface area contributed by atoms with E-state index in [0.29, 0.717) is 11.1 Å². The molecule has 0 saturated carbocycles. The lowest BCUT2D eigenvalue weighted by Crippen LogP contribution is -2.16. The fraction of sp³-hybridized carbons (Fsp3) is 0.412. The number of aryl methyl sites for hydroxylation is 4. The van der Waals surface area contributed by atoms with E-state index in [-0.39, 0.29) is 20.9 Å². The van der Waals surface area contributed by atoms with Gasteiger partial charge in [-0.1, -0.05) is 65.8 Å². The molecule has 0 saturated heterocycles. The van der Waals surface area contributed by atoms with Crippen molar-refractivity contribution < 1.29 is 19.7 Å². The van der Waals surface area contributed by atoms with Gasteiger partial charge in [0.1, 0.15) is 0 Å². The predicted molar refractivity (Wildman–Crippen MR) is 171 cm³/mol. The van der Waals surface area contributed by atoms with Gasteiger partial charge < -0.3 is 19.7 Å². The molecule has 0 aliphatic rings. The molecule has 3 rings (SSSR count). The van der Waals surface area contributed by atoms with E-state index in [2.05, 4.69) is 65.8 Å². The molecule has 0 amide bonds.